The Morgan fingerprint density at radius 3 is 2.27 bits per heavy atom. The molecule has 0 aliphatic rings. The van der Waals surface area contributed by atoms with Crippen molar-refractivity contribution in [3.63, 3.8) is 0 Å². The molecule has 0 saturated heterocycles. The van der Waals surface area contributed by atoms with Crippen molar-refractivity contribution in [3.05, 3.63) is 29.8 Å². The van der Waals surface area contributed by atoms with Gasteiger partial charge in [-0.1, -0.05) is 25.5 Å². The van der Waals surface area contributed by atoms with E-state index in [2.05, 4.69) is 20.8 Å². The van der Waals surface area contributed by atoms with Crippen molar-refractivity contribution in [1.82, 2.24) is 0 Å². The molecule has 0 atom stereocenters. The predicted octanol–water partition coefficient (Wildman–Crippen LogP) is 3.10. The monoisotopic (exact) mass is 207 g/mol. The van der Waals surface area contributed by atoms with Crippen LogP contribution in [0, 0.1) is 0 Å². The Kier molecular flexibility index (Phi) is 4.15. The van der Waals surface area contributed by atoms with Gasteiger partial charge in [0.2, 0.25) is 0 Å². The van der Waals surface area contributed by atoms with Gasteiger partial charge in [-0.05, 0) is 38.0 Å². The molecule has 2 nitrogen and oxygen atoms in total. The topological polar surface area (TPSA) is 35.2 Å². The zero-order valence-corrected chi connectivity index (χ0v) is 9.92. The van der Waals surface area contributed by atoms with Crippen LogP contribution in [0.4, 0.5) is 0 Å². The van der Waals surface area contributed by atoms with E-state index in [-0.39, 0.29) is 5.60 Å². The summed E-state index contributed by atoms with van der Waals surface area (Å²) in [6, 6.07) is 7.99. The first-order valence-corrected chi connectivity index (χ1v) is 5.55. The molecule has 0 bridgehead atoms. The zero-order chi connectivity index (χ0) is 11.3. The lowest BCUT2D eigenvalue weighted by atomic mass is 10.0. The predicted molar refractivity (Wildman–Crippen MR) is 63.9 cm³/mol. The van der Waals surface area contributed by atoms with E-state index in [0.717, 1.165) is 24.2 Å². The van der Waals surface area contributed by atoms with Gasteiger partial charge in [0.1, 0.15) is 11.4 Å². The molecule has 2 N–H and O–H groups in total. The maximum atomic E-state index is 5.90. The lowest BCUT2D eigenvalue weighted by Gasteiger charge is -2.26. The molecule has 0 aliphatic heterocycles. The first kappa shape index (κ1) is 12.1. The van der Waals surface area contributed by atoms with Crippen molar-refractivity contribution in [3.8, 4) is 5.75 Å². The minimum atomic E-state index is -0.0843. The summed E-state index contributed by atoms with van der Waals surface area (Å²) in [6.07, 6.45) is 2.19. The first-order valence-electron chi connectivity index (χ1n) is 5.55. The SMILES string of the molecule is CCCC(C)(C)Oc1ccc(CN)cc1. The van der Waals surface area contributed by atoms with Crippen LogP contribution in [0.3, 0.4) is 0 Å². The molecule has 0 radical (unpaired) electrons. The maximum Gasteiger partial charge on any atom is 0.120 e. The number of ether oxygens (including phenoxy) is 1. The number of benzene rings is 1. The van der Waals surface area contributed by atoms with Crippen molar-refractivity contribution in [2.75, 3.05) is 0 Å². The van der Waals surface area contributed by atoms with Gasteiger partial charge in [0, 0.05) is 6.54 Å². The van der Waals surface area contributed by atoms with E-state index in [0.29, 0.717) is 6.54 Å². The summed E-state index contributed by atoms with van der Waals surface area (Å²) < 4.78 is 5.90. The van der Waals surface area contributed by atoms with E-state index in [1.165, 1.54) is 0 Å². The molecule has 0 unspecified atom stereocenters. The van der Waals surface area contributed by atoms with Crippen LogP contribution < -0.4 is 10.5 Å². The zero-order valence-electron chi connectivity index (χ0n) is 9.92. The number of rotatable bonds is 5. The van der Waals surface area contributed by atoms with Crippen LogP contribution in [-0.4, -0.2) is 5.60 Å². The molecule has 0 fully saturated rings. The van der Waals surface area contributed by atoms with E-state index in [4.69, 9.17) is 10.5 Å². The first-order chi connectivity index (χ1) is 7.07. The van der Waals surface area contributed by atoms with Gasteiger partial charge >= 0.3 is 0 Å². The molecule has 1 aromatic rings. The second-order valence-electron chi connectivity index (χ2n) is 4.46. The Bertz CT molecular complexity index is 290. The molecule has 2 heteroatoms. The van der Waals surface area contributed by atoms with Gasteiger partial charge in [0.25, 0.3) is 0 Å². The van der Waals surface area contributed by atoms with E-state index in [9.17, 15) is 0 Å². The Morgan fingerprint density at radius 1 is 1.20 bits per heavy atom. The minimum absolute atomic E-state index is 0.0843. The molecule has 84 valence electrons. The Labute approximate surface area is 92.4 Å². The third kappa shape index (κ3) is 3.92. The van der Waals surface area contributed by atoms with Crippen molar-refractivity contribution >= 4 is 0 Å². The standard InChI is InChI=1S/C13H21NO/c1-4-9-13(2,3)15-12-7-5-11(10-14)6-8-12/h5-8H,4,9-10,14H2,1-3H3. The fourth-order valence-corrected chi connectivity index (χ4v) is 1.67. The molecule has 0 aromatic heterocycles. The smallest absolute Gasteiger partial charge is 0.120 e. The summed E-state index contributed by atoms with van der Waals surface area (Å²) in [5, 5.41) is 0. The van der Waals surface area contributed by atoms with Crippen LogP contribution in [-0.2, 0) is 6.54 Å². The summed E-state index contributed by atoms with van der Waals surface area (Å²) in [5.41, 5.74) is 6.58. The number of hydrogen-bond donors (Lipinski definition) is 1. The van der Waals surface area contributed by atoms with E-state index < -0.39 is 0 Å². The highest BCUT2D eigenvalue weighted by Crippen LogP contribution is 2.22. The van der Waals surface area contributed by atoms with Gasteiger partial charge < -0.3 is 10.5 Å². The highest BCUT2D eigenvalue weighted by molar-refractivity contribution is 5.27. The fraction of sp³-hybridized carbons (Fsp3) is 0.538. The van der Waals surface area contributed by atoms with Gasteiger partial charge in [-0.2, -0.15) is 0 Å². The Morgan fingerprint density at radius 2 is 1.80 bits per heavy atom. The quantitative estimate of drug-likeness (QED) is 0.805. The van der Waals surface area contributed by atoms with E-state index >= 15 is 0 Å². The lowest BCUT2D eigenvalue weighted by molar-refractivity contribution is 0.0986. The second kappa shape index (κ2) is 5.17. The summed E-state index contributed by atoms with van der Waals surface area (Å²) in [4.78, 5) is 0. The van der Waals surface area contributed by atoms with Crippen LogP contribution in [0.1, 0.15) is 39.2 Å². The van der Waals surface area contributed by atoms with Gasteiger partial charge in [-0.25, -0.2) is 0 Å². The van der Waals surface area contributed by atoms with E-state index in [1.54, 1.807) is 0 Å². The largest absolute Gasteiger partial charge is 0.488 e. The van der Waals surface area contributed by atoms with Crippen LogP contribution in [0.15, 0.2) is 24.3 Å². The molecule has 0 amide bonds. The van der Waals surface area contributed by atoms with Crippen LogP contribution in [0.25, 0.3) is 0 Å². The molecular weight excluding hydrogens is 186 g/mol. The summed E-state index contributed by atoms with van der Waals surface area (Å²) in [6.45, 7) is 6.99. The molecule has 1 aromatic carbocycles. The molecular formula is C13H21NO. The number of hydrogen-bond acceptors (Lipinski definition) is 2. The van der Waals surface area contributed by atoms with Gasteiger partial charge in [-0.3, -0.25) is 0 Å². The molecule has 1 rings (SSSR count). The summed E-state index contributed by atoms with van der Waals surface area (Å²) in [7, 11) is 0. The molecule has 15 heavy (non-hydrogen) atoms. The number of nitrogens with two attached hydrogens (primary N) is 1. The molecule has 0 aliphatic carbocycles. The highest BCUT2D eigenvalue weighted by atomic mass is 16.5. The van der Waals surface area contributed by atoms with Crippen molar-refractivity contribution in [2.45, 2.75) is 45.8 Å². The lowest BCUT2D eigenvalue weighted by Crippen LogP contribution is -2.27. The highest BCUT2D eigenvalue weighted by Gasteiger charge is 2.17. The van der Waals surface area contributed by atoms with E-state index in [1.807, 2.05) is 24.3 Å². The van der Waals surface area contributed by atoms with Crippen LogP contribution in [0.5, 0.6) is 5.75 Å². The molecule has 0 spiro atoms. The van der Waals surface area contributed by atoms with Gasteiger partial charge in [0.05, 0.1) is 0 Å². The summed E-state index contributed by atoms with van der Waals surface area (Å²) in [5.74, 6) is 0.922. The average Bonchev–Trinajstić information content (AvgIpc) is 2.18. The van der Waals surface area contributed by atoms with Gasteiger partial charge in [0.15, 0.2) is 0 Å². The third-order valence-corrected chi connectivity index (χ3v) is 2.41. The van der Waals surface area contributed by atoms with Crippen molar-refractivity contribution in [1.29, 1.82) is 0 Å². The molecule has 0 saturated carbocycles. The Balaban J connectivity index is 2.64. The minimum Gasteiger partial charge on any atom is -0.488 e. The van der Waals surface area contributed by atoms with Crippen molar-refractivity contribution in [2.24, 2.45) is 5.73 Å². The fourth-order valence-electron chi connectivity index (χ4n) is 1.67. The van der Waals surface area contributed by atoms with Gasteiger partial charge in [-0.15, -0.1) is 0 Å². The third-order valence-electron chi connectivity index (χ3n) is 2.41. The second-order valence-corrected chi connectivity index (χ2v) is 4.46. The van der Waals surface area contributed by atoms with Crippen LogP contribution in [0.2, 0.25) is 0 Å². The maximum absolute atomic E-state index is 5.90. The normalized spacial score (nSPS) is 11.5. The molecule has 0 heterocycles. The average molecular weight is 207 g/mol. The van der Waals surface area contributed by atoms with Crippen LogP contribution >= 0.6 is 0 Å². The summed E-state index contributed by atoms with van der Waals surface area (Å²) >= 11 is 0. The van der Waals surface area contributed by atoms with Crippen molar-refractivity contribution < 1.29 is 4.74 Å². The Hall–Kier alpha value is -1.02.